The van der Waals surface area contributed by atoms with Gasteiger partial charge in [0.2, 0.25) is 0 Å². The molecule has 0 saturated heterocycles. The van der Waals surface area contributed by atoms with E-state index in [1.54, 1.807) is 0 Å². The van der Waals surface area contributed by atoms with Crippen LogP contribution in [-0.4, -0.2) is 28.0 Å². The molecule has 4 heteroatoms. The second kappa shape index (κ2) is 3.25. The van der Waals surface area contributed by atoms with Gasteiger partial charge in [0.15, 0.2) is 0 Å². The Labute approximate surface area is 71.2 Å². The van der Waals surface area contributed by atoms with E-state index in [1.165, 1.54) is 11.3 Å². The van der Waals surface area contributed by atoms with Crippen molar-refractivity contribution < 1.29 is 5.11 Å². The minimum atomic E-state index is 0.161. The lowest BCUT2D eigenvalue weighted by molar-refractivity contribution is 0.269. The van der Waals surface area contributed by atoms with Crippen molar-refractivity contribution in [2.45, 2.75) is 19.5 Å². The molecular weight excluding hydrogens is 154 g/mol. The van der Waals surface area contributed by atoms with Gasteiger partial charge in [0, 0.05) is 31.3 Å². The van der Waals surface area contributed by atoms with E-state index in [0.717, 1.165) is 19.5 Å². The van der Waals surface area contributed by atoms with Crippen molar-refractivity contribution in [3.05, 3.63) is 17.5 Å². The van der Waals surface area contributed by atoms with Crippen LogP contribution in [0.4, 0.5) is 0 Å². The number of nitrogens with zero attached hydrogens (tertiary/aromatic N) is 2. The first kappa shape index (κ1) is 7.76. The Morgan fingerprint density at radius 3 is 3.33 bits per heavy atom. The first-order valence-electron chi connectivity index (χ1n) is 4.27. The summed E-state index contributed by atoms with van der Waals surface area (Å²) in [4.78, 5) is 0. The molecule has 0 atom stereocenters. The molecule has 0 amide bonds. The van der Waals surface area contributed by atoms with Gasteiger partial charge in [0.25, 0.3) is 0 Å². The molecule has 0 aromatic carbocycles. The third kappa shape index (κ3) is 1.35. The van der Waals surface area contributed by atoms with Crippen LogP contribution in [0.3, 0.4) is 0 Å². The Morgan fingerprint density at radius 1 is 1.67 bits per heavy atom. The zero-order valence-corrected chi connectivity index (χ0v) is 6.95. The van der Waals surface area contributed by atoms with Crippen molar-refractivity contribution in [3.63, 3.8) is 0 Å². The number of hydrogen-bond acceptors (Lipinski definition) is 3. The van der Waals surface area contributed by atoms with Crippen molar-refractivity contribution in [2.75, 3.05) is 13.2 Å². The van der Waals surface area contributed by atoms with Crippen LogP contribution in [0.1, 0.15) is 11.3 Å². The molecule has 0 fully saturated rings. The van der Waals surface area contributed by atoms with E-state index in [2.05, 4.69) is 10.4 Å². The molecule has 12 heavy (non-hydrogen) atoms. The van der Waals surface area contributed by atoms with Crippen molar-refractivity contribution in [3.8, 4) is 0 Å². The van der Waals surface area contributed by atoms with E-state index >= 15 is 0 Å². The predicted octanol–water partition coefficient (Wildman–Crippen LogP) is -0.479. The van der Waals surface area contributed by atoms with Crippen LogP contribution in [0.25, 0.3) is 0 Å². The summed E-state index contributed by atoms with van der Waals surface area (Å²) in [7, 11) is 0. The maximum Gasteiger partial charge on any atom is 0.0682 e. The topological polar surface area (TPSA) is 50.1 Å². The Bertz CT molecular complexity index is 246. The van der Waals surface area contributed by atoms with Gasteiger partial charge in [0.1, 0.15) is 0 Å². The third-order valence-corrected chi connectivity index (χ3v) is 2.11. The summed E-state index contributed by atoms with van der Waals surface area (Å²) < 4.78 is 1.82. The monoisotopic (exact) mass is 167 g/mol. The quantitative estimate of drug-likeness (QED) is 0.625. The van der Waals surface area contributed by atoms with Gasteiger partial charge in [0.05, 0.1) is 18.8 Å². The number of aliphatic hydroxyl groups is 1. The van der Waals surface area contributed by atoms with Gasteiger partial charge >= 0.3 is 0 Å². The summed E-state index contributed by atoms with van der Waals surface area (Å²) in [5, 5.41) is 16.3. The molecule has 0 radical (unpaired) electrons. The standard InChI is InChI=1S/C8H13N3O/c12-4-3-11-6-7-5-9-2-1-8(7)10-11/h6,9,12H,1-5H2. The molecule has 1 aliphatic heterocycles. The Morgan fingerprint density at radius 2 is 2.58 bits per heavy atom. The van der Waals surface area contributed by atoms with Crippen molar-refractivity contribution in [2.24, 2.45) is 0 Å². The summed E-state index contributed by atoms with van der Waals surface area (Å²) in [6, 6.07) is 0. The van der Waals surface area contributed by atoms with Gasteiger partial charge in [-0.05, 0) is 0 Å². The van der Waals surface area contributed by atoms with Gasteiger partial charge in [-0.3, -0.25) is 4.68 Å². The van der Waals surface area contributed by atoms with E-state index in [1.807, 2.05) is 10.9 Å². The molecule has 0 bridgehead atoms. The summed E-state index contributed by atoms with van der Waals surface area (Å²) >= 11 is 0. The molecule has 1 aromatic rings. The predicted molar refractivity (Wildman–Crippen MR) is 44.7 cm³/mol. The highest BCUT2D eigenvalue weighted by atomic mass is 16.3. The number of hydrogen-bond donors (Lipinski definition) is 2. The SMILES string of the molecule is OCCn1cc2c(n1)CCNC2. The van der Waals surface area contributed by atoms with Crippen LogP contribution in [0.2, 0.25) is 0 Å². The molecule has 1 aromatic heterocycles. The van der Waals surface area contributed by atoms with Crippen LogP contribution in [0.15, 0.2) is 6.20 Å². The molecule has 0 saturated carbocycles. The number of nitrogens with one attached hydrogen (secondary N) is 1. The highest BCUT2D eigenvalue weighted by molar-refractivity contribution is 5.19. The number of fused-ring (bicyclic) bond motifs is 1. The lowest BCUT2D eigenvalue weighted by Gasteiger charge is -2.09. The fraction of sp³-hybridized carbons (Fsp3) is 0.625. The minimum Gasteiger partial charge on any atom is -0.394 e. The molecular formula is C8H13N3O. The van der Waals surface area contributed by atoms with E-state index in [-0.39, 0.29) is 6.61 Å². The zero-order valence-electron chi connectivity index (χ0n) is 6.95. The highest BCUT2D eigenvalue weighted by Gasteiger charge is 2.11. The summed E-state index contributed by atoms with van der Waals surface area (Å²) in [6.45, 7) is 2.70. The molecule has 4 nitrogen and oxygen atoms in total. The largest absolute Gasteiger partial charge is 0.394 e. The Kier molecular flexibility index (Phi) is 2.10. The van der Waals surface area contributed by atoms with Crippen molar-refractivity contribution in [1.29, 1.82) is 0 Å². The average Bonchev–Trinajstić information content (AvgIpc) is 2.47. The molecule has 0 unspecified atom stereocenters. The second-order valence-corrected chi connectivity index (χ2v) is 3.01. The number of aromatic nitrogens is 2. The summed E-state index contributed by atoms with van der Waals surface area (Å²) in [6.07, 6.45) is 3.02. The van der Waals surface area contributed by atoms with Gasteiger partial charge in [-0.1, -0.05) is 0 Å². The molecule has 2 rings (SSSR count). The van der Waals surface area contributed by atoms with E-state index in [0.29, 0.717) is 6.54 Å². The van der Waals surface area contributed by atoms with Crippen LogP contribution in [0, 0.1) is 0 Å². The van der Waals surface area contributed by atoms with Crippen LogP contribution >= 0.6 is 0 Å². The fourth-order valence-electron chi connectivity index (χ4n) is 1.51. The zero-order chi connectivity index (χ0) is 8.39. The Hall–Kier alpha value is -0.870. The normalized spacial score (nSPS) is 16.1. The van der Waals surface area contributed by atoms with Crippen LogP contribution < -0.4 is 5.32 Å². The van der Waals surface area contributed by atoms with Crippen molar-refractivity contribution in [1.82, 2.24) is 15.1 Å². The smallest absolute Gasteiger partial charge is 0.0682 e. The number of aliphatic hydroxyl groups excluding tert-OH is 1. The first-order chi connectivity index (χ1) is 5.90. The van der Waals surface area contributed by atoms with Gasteiger partial charge in [-0.15, -0.1) is 0 Å². The summed E-state index contributed by atoms with van der Waals surface area (Å²) in [5.74, 6) is 0. The first-order valence-corrected chi connectivity index (χ1v) is 4.27. The van der Waals surface area contributed by atoms with Crippen molar-refractivity contribution >= 4 is 0 Å². The van der Waals surface area contributed by atoms with Gasteiger partial charge in [-0.25, -0.2) is 0 Å². The van der Waals surface area contributed by atoms with E-state index in [4.69, 9.17) is 5.11 Å². The Balaban J connectivity index is 2.20. The fourth-order valence-corrected chi connectivity index (χ4v) is 1.51. The average molecular weight is 167 g/mol. The van der Waals surface area contributed by atoms with Crippen LogP contribution in [-0.2, 0) is 19.5 Å². The lowest BCUT2D eigenvalue weighted by Crippen LogP contribution is -2.22. The molecule has 0 spiro atoms. The van der Waals surface area contributed by atoms with Crippen LogP contribution in [0.5, 0.6) is 0 Å². The van der Waals surface area contributed by atoms with Gasteiger partial charge < -0.3 is 10.4 Å². The second-order valence-electron chi connectivity index (χ2n) is 3.01. The maximum absolute atomic E-state index is 8.70. The molecule has 0 aliphatic carbocycles. The van der Waals surface area contributed by atoms with E-state index < -0.39 is 0 Å². The molecule has 2 heterocycles. The molecule has 1 aliphatic rings. The molecule has 2 N–H and O–H groups in total. The van der Waals surface area contributed by atoms with E-state index in [9.17, 15) is 0 Å². The lowest BCUT2D eigenvalue weighted by atomic mass is 10.1. The minimum absolute atomic E-state index is 0.161. The third-order valence-electron chi connectivity index (χ3n) is 2.11. The van der Waals surface area contributed by atoms with Gasteiger partial charge in [-0.2, -0.15) is 5.10 Å². The maximum atomic E-state index is 8.70. The number of rotatable bonds is 2. The highest BCUT2D eigenvalue weighted by Crippen LogP contribution is 2.10. The molecule has 66 valence electrons. The summed E-state index contributed by atoms with van der Waals surface area (Å²) in [5.41, 5.74) is 2.46.